The highest BCUT2D eigenvalue weighted by atomic mass is 16.2. The van der Waals surface area contributed by atoms with E-state index in [1.165, 1.54) is 6.92 Å². The first kappa shape index (κ1) is 15.5. The number of carbonyl (C=O) groups excluding carboxylic acids is 3. The average Bonchev–Trinajstić information content (AvgIpc) is 2.42. The number of amides is 4. The molecule has 1 aromatic rings. The van der Waals surface area contributed by atoms with Crippen LogP contribution in [0.3, 0.4) is 0 Å². The maximum Gasteiger partial charge on any atom is 0.315 e. The molecule has 108 valence electrons. The van der Waals surface area contributed by atoms with Crippen molar-refractivity contribution in [3.05, 3.63) is 35.4 Å². The van der Waals surface area contributed by atoms with E-state index in [0.717, 1.165) is 11.1 Å². The van der Waals surface area contributed by atoms with Gasteiger partial charge in [-0.1, -0.05) is 29.8 Å². The van der Waals surface area contributed by atoms with Gasteiger partial charge >= 0.3 is 6.03 Å². The second kappa shape index (κ2) is 7.78. The smallest absolute Gasteiger partial charge is 0.315 e. The van der Waals surface area contributed by atoms with Gasteiger partial charge in [0.15, 0.2) is 0 Å². The van der Waals surface area contributed by atoms with Gasteiger partial charge < -0.3 is 10.6 Å². The standard InChI is InChI=1S/C13H18N4O3/c1-9-3-5-11(6-4-9)7-14-13(20)15-8-12(19)17-16-10(2)18/h3-6H,7-8H2,1-2H3,(H,16,18)(H,17,19)(H2,14,15,20). The van der Waals surface area contributed by atoms with Crippen molar-refractivity contribution in [3.63, 3.8) is 0 Å². The number of rotatable bonds is 4. The first-order valence-corrected chi connectivity index (χ1v) is 6.10. The fourth-order valence-corrected chi connectivity index (χ4v) is 1.31. The van der Waals surface area contributed by atoms with Crippen LogP contribution in [-0.4, -0.2) is 24.4 Å². The number of hydrogen-bond acceptors (Lipinski definition) is 3. The minimum Gasteiger partial charge on any atom is -0.334 e. The Morgan fingerprint density at radius 2 is 1.65 bits per heavy atom. The van der Waals surface area contributed by atoms with Crippen molar-refractivity contribution in [2.24, 2.45) is 0 Å². The van der Waals surface area contributed by atoms with E-state index in [4.69, 9.17) is 0 Å². The monoisotopic (exact) mass is 278 g/mol. The predicted molar refractivity (Wildman–Crippen MR) is 73.4 cm³/mol. The van der Waals surface area contributed by atoms with Gasteiger partial charge in [-0.05, 0) is 12.5 Å². The van der Waals surface area contributed by atoms with Crippen LogP contribution in [0.4, 0.5) is 4.79 Å². The second-order valence-electron chi connectivity index (χ2n) is 4.25. The summed E-state index contributed by atoms with van der Waals surface area (Å²) in [6.07, 6.45) is 0. The molecule has 0 heterocycles. The molecule has 0 aliphatic rings. The van der Waals surface area contributed by atoms with Crippen molar-refractivity contribution in [2.75, 3.05) is 6.54 Å². The van der Waals surface area contributed by atoms with Gasteiger partial charge in [0.05, 0.1) is 0 Å². The fourth-order valence-electron chi connectivity index (χ4n) is 1.31. The Labute approximate surface area is 117 Å². The number of carbonyl (C=O) groups is 3. The van der Waals surface area contributed by atoms with Crippen molar-refractivity contribution < 1.29 is 14.4 Å². The Morgan fingerprint density at radius 1 is 1.00 bits per heavy atom. The maximum atomic E-state index is 11.4. The molecule has 0 unspecified atom stereocenters. The van der Waals surface area contributed by atoms with Gasteiger partial charge in [0.2, 0.25) is 5.91 Å². The molecule has 1 rings (SSSR count). The summed E-state index contributed by atoms with van der Waals surface area (Å²) in [5, 5.41) is 5.00. The zero-order valence-corrected chi connectivity index (χ0v) is 11.4. The molecule has 0 aliphatic heterocycles. The van der Waals surface area contributed by atoms with Crippen LogP contribution in [0.25, 0.3) is 0 Å². The molecule has 0 atom stereocenters. The van der Waals surface area contributed by atoms with E-state index in [9.17, 15) is 14.4 Å². The van der Waals surface area contributed by atoms with Gasteiger partial charge in [-0.3, -0.25) is 20.4 Å². The highest BCUT2D eigenvalue weighted by Crippen LogP contribution is 2.02. The van der Waals surface area contributed by atoms with Crippen LogP contribution in [0, 0.1) is 6.92 Å². The quantitative estimate of drug-likeness (QED) is 0.582. The fraction of sp³-hybridized carbons (Fsp3) is 0.308. The van der Waals surface area contributed by atoms with E-state index >= 15 is 0 Å². The number of urea groups is 1. The zero-order chi connectivity index (χ0) is 15.0. The lowest BCUT2D eigenvalue weighted by Gasteiger charge is -2.08. The van der Waals surface area contributed by atoms with Crippen molar-refractivity contribution in [2.45, 2.75) is 20.4 Å². The molecule has 0 saturated carbocycles. The minimum absolute atomic E-state index is 0.222. The number of hydrogen-bond donors (Lipinski definition) is 4. The van der Waals surface area contributed by atoms with Gasteiger partial charge in [0, 0.05) is 13.5 Å². The lowest BCUT2D eigenvalue weighted by atomic mass is 10.1. The topological polar surface area (TPSA) is 99.3 Å². The summed E-state index contributed by atoms with van der Waals surface area (Å²) in [6.45, 7) is 3.40. The van der Waals surface area contributed by atoms with E-state index in [1.807, 2.05) is 31.2 Å². The molecule has 0 aliphatic carbocycles. The summed E-state index contributed by atoms with van der Waals surface area (Å²) in [5.41, 5.74) is 6.37. The molecule has 0 saturated heterocycles. The van der Waals surface area contributed by atoms with Crippen LogP contribution in [-0.2, 0) is 16.1 Å². The minimum atomic E-state index is -0.509. The average molecular weight is 278 g/mol. The summed E-state index contributed by atoms with van der Waals surface area (Å²) < 4.78 is 0. The summed E-state index contributed by atoms with van der Waals surface area (Å²) in [6, 6.07) is 7.28. The van der Waals surface area contributed by atoms with Crippen molar-refractivity contribution >= 4 is 17.8 Å². The molecule has 4 amide bonds. The van der Waals surface area contributed by atoms with E-state index in [1.54, 1.807) is 0 Å². The Kier molecular flexibility index (Phi) is 6.02. The molecular formula is C13H18N4O3. The lowest BCUT2D eigenvalue weighted by Crippen LogP contribution is -2.47. The third-order valence-corrected chi connectivity index (χ3v) is 2.36. The van der Waals surface area contributed by atoms with Crippen LogP contribution in [0.1, 0.15) is 18.1 Å². The highest BCUT2D eigenvalue weighted by molar-refractivity contribution is 5.85. The number of hydrazine groups is 1. The Bertz CT molecular complexity index is 485. The third-order valence-electron chi connectivity index (χ3n) is 2.36. The van der Waals surface area contributed by atoms with Crippen LogP contribution >= 0.6 is 0 Å². The van der Waals surface area contributed by atoms with E-state index < -0.39 is 11.9 Å². The predicted octanol–water partition coefficient (Wildman–Crippen LogP) is -0.0385. The molecule has 0 aromatic heterocycles. The van der Waals surface area contributed by atoms with Crippen molar-refractivity contribution in [1.29, 1.82) is 0 Å². The summed E-state index contributed by atoms with van der Waals surface area (Å²) in [7, 11) is 0. The third kappa shape index (κ3) is 6.39. The molecule has 7 heteroatoms. The largest absolute Gasteiger partial charge is 0.334 e. The van der Waals surface area contributed by atoms with Crippen molar-refractivity contribution in [1.82, 2.24) is 21.5 Å². The normalized spacial score (nSPS) is 9.50. The molecule has 7 nitrogen and oxygen atoms in total. The van der Waals surface area contributed by atoms with Gasteiger partial charge in [0.25, 0.3) is 5.91 Å². The number of nitrogens with one attached hydrogen (secondary N) is 4. The molecule has 0 fully saturated rings. The zero-order valence-electron chi connectivity index (χ0n) is 11.4. The van der Waals surface area contributed by atoms with Gasteiger partial charge in [-0.2, -0.15) is 0 Å². The highest BCUT2D eigenvalue weighted by Gasteiger charge is 2.05. The summed E-state index contributed by atoms with van der Waals surface area (Å²) in [5.74, 6) is -0.896. The van der Waals surface area contributed by atoms with Crippen LogP contribution in [0.15, 0.2) is 24.3 Å². The maximum absolute atomic E-state index is 11.4. The second-order valence-corrected chi connectivity index (χ2v) is 4.25. The Morgan fingerprint density at radius 3 is 2.25 bits per heavy atom. The molecule has 0 radical (unpaired) electrons. The van der Waals surface area contributed by atoms with Gasteiger partial charge in [-0.15, -0.1) is 0 Å². The summed E-state index contributed by atoms with van der Waals surface area (Å²) in [4.78, 5) is 33.2. The van der Waals surface area contributed by atoms with E-state index in [0.29, 0.717) is 6.54 Å². The Hall–Kier alpha value is -2.57. The molecule has 0 spiro atoms. The molecular weight excluding hydrogens is 260 g/mol. The van der Waals surface area contributed by atoms with Crippen LogP contribution in [0.5, 0.6) is 0 Å². The number of benzene rings is 1. The molecule has 1 aromatic carbocycles. The first-order valence-electron chi connectivity index (χ1n) is 6.10. The number of aryl methyl sites for hydroxylation is 1. The van der Waals surface area contributed by atoms with Gasteiger partial charge in [0.1, 0.15) is 6.54 Å². The van der Waals surface area contributed by atoms with Crippen LogP contribution in [0.2, 0.25) is 0 Å². The molecule has 0 bridgehead atoms. The van der Waals surface area contributed by atoms with Crippen LogP contribution < -0.4 is 21.5 Å². The lowest BCUT2D eigenvalue weighted by molar-refractivity contribution is -0.127. The molecule has 20 heavy (non-hydrogen) atoms. The SMILES string of the molecule is CC(=O)NNC(=O)CNC(=O)NCc1ccc(C)cc1. The van der Waals surface area contributed by atoms with Crippen molar-refractivity contribution in [3.8, 4) is 0 Å². The van der Waals surface area contributed by atoms with Gasteiger partial charge in [-0.25, -0.2) is 4.79 Å². The summed E-state index contributed by atoms with van der Waals surface area (Å²) >= 11 is 0. The van der Waals surface area contributed by atoms with E-state index in [2.05, 4.69) is 21.5 Å². The first-order chi connectivity index (χ1) is 9.47. The van der Waals surface area contributed by atoms with E-state index in [-0.39, 0.29) is 12.5 Å². The Balaban J connectivity index is 2.21. The molecule has 4 N–H and O–H groups in total.